The van der Waals surface area contributed by atoms with E-state index in [-0.39, 0.29) is 5.56 Å². The van der Waals surface area contributed by atoms with E-state index in [0.717, 1.165) is 36.0 Å². The predicted octanol–water partition coefficient (Wildman–Crippen LogP) is 2.90. The summed E-state index contributed by atoms with van der Waals surface area (Å²) in [6.45, 7) is 4.40. The van der Waals surface area contributed by atoms with Crippen LogP contribution in [0.5, 0.6) is 0 Å². The number of benzene rings is 1. The number of aromatic nitrogens is 1. The first-order valence-corrected chi connectivity index (χ1v) is 7.53. The Morgan fingerprint density at radius 1 is 1.20 bits per heavy atom. The highest BCUT2D eigenvalue weighted by Gasteiger charge is 2.23. The number of fused-ring (bicyclic) bond motifs is 1. The minimum Gasteiger partial charge on any atom is -0.325 e. The number of nitrogens with one attached hydrogen (secondary N) is 1. The molecular formula is C17H22N2O. The van der Waals surface area contributed by atoms with Crippen molar-refractivity contribution >= 4 is 10.8 Å². The fraction of sp³-hybridized carbons (Fsp3) is 0.471. The maximum absolute atomic E-state index is 12.2. The lowest BCUT2D eigenvalue weighted by atomic mass is 9.85. The molecule has 0 saturated carbocycles. The molecule has 0 atom stereocenters. The van der Waals surface area contributed by atoms with Gasteiger partial charge in [-0.15, -0.1) is 0 Å². The predicted molar refractivity (Wildman–Crippen MR) is 83.4 cm³/mol. The van der Waals surface area contributed by atoms with Crippen LogP contribution in [0.15, 0.2) is 29.1 Å². The standard InChI is InChI=1S/C17H22N2O/c1-3-15-16(12-8-10-19(2)11-9-12)13-6-4-5-7-14(13)17(20)18-15/h4-7,12H,3,8-11H2,1-2H3,(H,18,20). The zero-order valence-electron chi connectivity index (χ0n) is 12.3. The quantitative estimate of drug-likeness (QED) is 0.911. The van der Waals surface area contributed by atoms with E-state index in [2.05, 4.69) is 29.9 Å². The second-order valence-corrected chi connectivity index (χ2v) is 5.82. The van der Waals surface area contributed by atoms with Gasteiger partial charge in [0.1, 0.15) is 0 Å². The van der Waals surface area contributed by atoms with Gasteiger partial charge in [0, 0.05) is 11.1 Å². The van der Waals surface area contributed by atoms with E-state index in [9.17, 15) is 4.79 Å². The third-order valence-electron chi connectivity index (χ3n) is 4.53. The molecule has 3 nitrogen and oxygen atoms in total. The smallest absolute Gasteiger partial charge is 0.256 e. The highest BCUT2D eigenvalue weighted by atomic mass is 16.1. The lowest BCUT2D eigenvalue weighted by molar-refractivity contribution is 0.255. The van der Waals surface area contributed by atoms with Gasteiger partial charge in [0.25, 0.3) is 5.56 Å². The Morgan fingerprint density at radius 3 is 2.50 bits per heavy atom. The molecule has 1 aromatic carbocycles. The zero-order valence-corrected chi connectivity index (χ0v) is 12.3. The van der Waals surface area contributed by atoms with Gasteiger partial charge in [-0.2, -0.15) is 0 Å². The summed E-state index contributed by atoms with van der Waals surface area (Å²) >= 11 is 0. The molecule has 0 radical (unpaired) electrons. The average molecular weight is 270 g/mol. The van der Waals surface area contributed by atoms with Gasteiger partial charge in [-0.25, -0.2) is 0 Å². The summed E-state index contributed by atoms with van der Waals surface area (Å²) in [6, 6.07) is 8.03. The molecule has 2 heterocycles. The molecule has 1 saturated heterocycles. The molecule has 0 bridgehead atoms. The second-order valence-electron chi connectivity index (χ2n) is 5.82. The molecule has 0 aliphatic carbocycles. The number of rotatable bonds is 2. The Balaban J connectivity index is 2.17. The molecule has 1 fully saturated rings. The SMILES string of the molecule is CCc1[nH]c(=O)c2ccccc2c1C1CCN(C)CC1. The number of hydrogen-bond acceptors (Lipinski definition) is 2. The lowest BCUT2D eigenvalue weighted by Crippen LogP contribution is -2.30. The number of piperidine rings is 1. The van der Waals surface area contributed by atoms with E-state index in [1.807, 2.05) is 18.2 Å². The summed E-state index contributed by atoms with van der Waals surface area (Å²) < 4.78 is 0. The third-order valence-corrected chi connectivity index (χ3v) is 4.53. The first-order chi connectivity index (χ1) is 9.70. The van der Waals surface area contributed by atoms with Gasteiger partial charge < -0.3 is 9.88 Å². The molecule has 3 heteroatoms. The van der Waals surface area contributed by atoms with Crippen LogP contribution in [0.25, 0.3) is 10.8 Å². The molecule has 3 rings (SSSR count). The third kappa shape index (κ3) is 2.27. The van der Waals surface area contributed by atoms with Crippen LogP contribution in [0.1, 0.15) is 36.9 Å². The van der Waals surface area contributed by atoms with Crippen molar-refractivity contribution in [3.05, 3.63) is 45.9 Å². The molecule has 106 valence electrons. The second kappa shape index (κ2) is 5.41. The van der Waals surface area contributed by atoms with Crippen molar-refractivity contribution in [1.82, 2.24) is 9.88 Å². The monoisotopic (exact) mass is 270 g/mol. The number of aryl methyl sites for hydroxylation is 1. The molecular weight excluding hydrogens is 248 g/mol. The highest BCUT2D eigenvalue weighted by molar-refractivity contribution is 5.86. The maximum Gasteiger partial charge on any atom is 0.256 e. The Bertz CT molecular complexity index is 666. The van der Waals surface area contributed by atoms with Crippen LogP contribution in [-0.4, -0.2) is 30.0 Å². The number of pyridine rings is 1. The van der Waals surface area contributed by atoms with Crippen molar-refractivity contribution in [3.63, 3.8) is 0 Å². The summed E-state index contributed by atoms with van der Waals surface area (Å²) in [7, 11) is 2.18. The van der Waals surface area contributed by atoms with Crippen LogP contribution in [0.2, 0.25) is 0 Å². The van der Waals surface area contributed by atoms with Gasteiger partial charge in [-0.3, -0.25) is 4.79 Å². The van der Waals surface area contributed by atoms with Gasteiger partial charge in [-0.1, -0.05) is 25.1 Å². The first kappa shape index (κ1) is 13.4. The van der Waals surface area contributed by atoms with Crippen LogP contribution in [0.4, 0.5) is 0 Å². The van der Waals surface area contributed by atoms with Crippen molar-refractivity contribution in [1.29, 1.82) is 0 Å². The van der Waals surface area contributed by atoms with E-state index < -0.39 is 0 Å². The normalized spacial score (nSPS) is 17.7. The summed E-state index contributed by atoms with van der Waals surface area (Å²) in [5, 5.41) is 1.99. The van der Waals surface area contributed by atoms with Crippen LogP contribution < -0.4 is 5.56 Å². The van der Waals surface area contributed by atoms with Crippen molar-refractivity contribution in [2.75, 3.05) is 20.1 Å². The minimum atomic E-state index is 0.0501. The summed E-state index contributed by atoms with van der Waals surface area (Å²) in [5.74, 6) is 0.572. The fourth-order valence-corrected chi connectivity index (χ4v) is 3.39. The topological polar surface area (TPSA) is 36.1 Å². The Labute approximate surface area is 119 Å². The van der Waals surface area contributed by atoms with Gasteiger partial charge in [0.2, 0.25) is 0 Å². The Kier molecular flexibility index (Phi) is 3.62. The van der Waals surface area contributed by atoms with Crippen molar-refractivity contribution in [2.24, 2.45) is 0 Å². The summed E-state index contributed by atoms with van der Waals surface area (Å²) in [6.07, 6.45) is 3.25. The van der Waals surface area contributed by atoms with Crippen molar-refractivity contribution < 1.29 is 0 Å². The number of likely N-dealkylation sites (tertiary alicyclic amines) is 1. The minimum absolute atomic E-state index is 0.0501. The molecule has 1 aliphatic heterocycles. The van der Waals surface area contributed by atoms with E-state index in [0.29, 0.717) is 5.92 Å². The highest BCUT2D eigenvalue weighted by Crippen LogP contribution is 2.33. The van der Waals surface area contributed by atoms with Gasteiger partial charge >= 0.3 is 0 Å². The van der Waals surface area contributed by atoms with E-state index >= 15 is 0 Å². The number of nitrogens with zero attached hydrogens (tertiary/aromatic N) is 1. The van der Waals surface area contributed by atoms with Crippen LogP contribution in [0.3, 0.4) is 0 Å². The van der Waals surface area contributed by atoms with Crippen LogP contribution >= 0.6 is 0 Å². The number of hydrogen-bond donors (Lipinski definition) is 1. The summed E-state index contributed by atoms with van der Waals surface area (Å²) in [4.78, 5) is 17.7. The molecule has 1 aromatic heterocycles. The largest absolute Gasteiger partial charge is 0.325 e. The molecule has 20 heavy (non-hydrogen) atoms. The number of aromatic amines is 1. The number of H-pyrrole nitrogens is 1. The van der Waals surface area contributed by atoms with Crippen LogP contribution in [0, 0.1) is 0 Å². The van der Waals surface area contributed by atoms with E-state index in [1.54, 1.807) is 0 Å². The van der Waals surface area contributed by atoms with Gasteiger partial charge in [0.15, 0.2) is 0 Å². The summed E-state index contributed by atoms with van der Waals surface area (Å²) in [5.41, 5.74) is 2.56. The molecule has 1 N–H and O–H groups in total. The van der Waals surface area contributed by atoms with Gasteiger partial charge in [0.05, 0.1) is 0 Å². The van der Waals surface area contributed by atoms with Gasteiger partial charge in [-0.05, 0) is 62.3 Å². The Morgan fingerprint density at radius 2 is 1.85 bits per heavy atom. The van der Waals surface area contributed by atoms with Crippen molar-refractivity contribution in [2.45, 2.75) is 32.1 Å². The Hall–Kier alpha value is -1.61. The van der Waals surface area contributed by atoms with E-state index in [1.165, 1.54) is 18.4 Å². The fourth-order valence-electron chi connectivity index (χ4n) is 3.39. The molecule has 1 aliphatic rings. The molecule has 2 aromatic rings. The first-order valence-electron chi connectivity index (χ1n) is 7.53. The zero-order chi connectivity index (χ0) is 14.1. The van der Waals surface area contributed by atoms with E-state index in [4.69, 9.17) is 0 Å². The molecule has 0 amide bonds. The van der Waals surface area contributed by atoms with Crippen molar-refractivity contribution in [3.8, 4) is 0 Å². The average Bonchev–Trinajstić information content (AvgIpc) is 2.48. The lowest BCUT2D eigenvalue weighted by Gasteiger charge is -2.31. The van der Waals surface area contributed by atoms with Crippen LogP contribution in [-0.2, 0) is 6.42 Å². The maximum atomic E-state index is 12.2. The molecule has 0 unspecified atom stereocenters. The molecule has 0 spiro atoms.